The van der Waals surface area contributed by atoms with Gasteiger partial charge in [0.1, 0.15) is 5.75 Å². The molecule has 0 radical (unpaired) electrons. The lowest BCUT2D eigenvalue weighted by Gasteiger charge is -2.35. The molecule has 2 amide bonds. The molecular weight excluding hydrogens is 316 g/mol. The van der Waals surface area contributed by atoms with Crippen LogP contribution < -0.4 is 4.74 Å². The lowest BCUT2D eigenvalue weighted by Crippen LogP contribution is -2.50. The van der Waals surface area contributed by atoms with Gasteiger partial charge in [-0.15, -0.1) is 0 Å². The number of ether oxygens (including phenoxy) is 1. The minimum atomic E-state index is -0.0927. The minimum absolute atomic E-state index is 0.0927. The van der Waals surface area contributed by atoms with Crippen LogP contribution in [0.3, 0.4) is 0 Å². The topological polar surface area (TPSA) is 49.9 Å². The van der Waals surface area contributed by atoms with Crippen molar-refractivity contribution in [2.24, 2.45) is 0 Å². The average molecular weight is 339 g/mol. The summed E-state index contributed by atoms with van der Waals surface area (Å²) in [6.07, 6.45) is 0.494. The van der Waals surface area contributed by atoms with Gasteiger partial charge in [-0.05, 0) is 31.0 Å². The van der Waals surface area contributed by atoms with Crippen LogP contribution in [0.2, 0.25) is 5.02 Å². The van der Waals surface area contributed by atoms with Crippen LogP contribution in [-0.2, 0) is 4.79 Å². The summed E-state index contributed by atoms with van der Waals surface area (Å²) in [5.41, 5.74) is 2.13. The molecule has 0 atom stereocenters. The largest absolute Gasteiger partial charge is 0.496 e. The number of hydrogen-bond acceptors (Lipinski definition) is 3. The van der Waals surface area contributed by atoms with E-state index in [9.17, 15) is 9.59 Å². The Hall–Kier alpha value is -1.75. The summed E-state index contributed by atoms with van der Waals surface area (Å²) < 4.78 is 5.38. The quantitative estimate of drug-likeness (QED) is 0.851. The zero-order chi connectivity index (χ0) is 17.1. The van der Waals surface area contributed by atoms with E-state index in [-0.39, 0.29) is 11.8 Å². The SMILES string of the molecule is CCC(=O)N1CCN(C(=O)c2c(OC)cc(C)c(Cl)c2C)CC1. The Morgan fingerprint density at radius 3 is 2.26 bits per heavy atom. The molecule has 1 fully saturated rings. The number of carbonyl (C=O) groups is 2. The fraction of sp³-hybridized carbons (Fsp3) is 0.529. The third-order valence-corrected chi connectivity index (χ3v) is 4.88. The van der Waals surface area contributed by atoms with Gasteiger partial charge in [0.25, 0.3) is 5.91 Å². The van der Waals surface area contributed by atoms with Crippen LogP contribution in [0, 0.1) is 13.8 Å². The van der Waals surface area contributed by atoms with Gasteiger partial charge >= 0.3 is 0 Å². The van der Waals surface area contributed by atoms with E-state index in [4.69, 9.17) is 16.3 Å². The van der Waals surface area contributed by atoms with Crippen LogP contribution in [0.15, 0.2) is 6.07 Å². The highest BCUT2D eigenvalue weighted by Gasteiger charge is 2.28. The first-order chi connectivity index (χ1) is 10.9. The van der Waals surface area contributed by atoms with Crippen molar-refractivity contribution in [1.29, 1.82) is 0 Å². The predicted octanol–water partition coefficient (Wildman–Crippen LogP) is 2.66. The van der Waals surface area contributed by atoms with E-state index in [2.05, 4.69) is 0 Å². The molecule has 0 aliphatic carbocycles. The van der Waals surface area contributed by atoms with Crippen molar-refractivity contribution in [3.63, 3.8) is 0 Å². The van der Waals surface area contributed by atoms with Crippen molar-refractivity contribution in [1.82, 2.24) is 9.80 Å². The minimum Gasteiger partial charge on any atom is -0.496 e. The number of benzene rings is 1. The normalized spacial score (nSPS) is 14.8. The number of nitrogens with zero attached hydrogens (tertiary/aromatic N) is 2. The molecule has 1 heterocycles. The monoisotopic (exact) mass is 338 g/mol. The summed E-state index contributed by atoms with van der Waals surface area (Å²) in [5, 5.41) is 0.592. The van der Waals surface area contributed by atoms with Crippen LogP contribution in [0.5, 0.6) is 5.75 Å². The maximum Gasteiger partial charge on any atom is 0.258 e. The maximum absolute atomic E-state index is 12.9. The molecule has 0 N–H and O–H groups in total. The summed E-state index contributed by atoms with van der Waals surface area (Å²) in [7, 11) is 1.55. The van der Waals surface area contributed by atoms with Gasteiger partial charge in [0.2, 0.25) is 5.91 Å². The van der Waals surface area contributed by atoms with Gasteiger partial charge in [-0.25, -0.2) is 0 Å². The number of hydrogen-bond donors (Lipinski definition) is 0. The second-order valence-electron chi connectivity index (χ2n) is 5.74. The van der Waals surface area contributed by atoms with Gasteiger partial charge in [-0.3, -0.25) is 9.59 Å². The Balaban J connectivity index is 2.22. The molecule has 1 aliphatic rings. The Bertz CT molecular complexity index is 623. The molecule has 1 aromatic rings. The van der Waals surface area contributed by atoms with Crippen molar-refractivity contribution in [2.45, 2.75) is 27.2 Å². The van der Waals surface area contributed by atoms with Crippen molar-refractivity contribution in [3.8, 4) is 5.75 Å². The number of piperazine rings is 1. The molecule has 0 aromatic heterocycles. The summed E-state index contributed by atoms with van der Waals surface area (Å²) in [6, 6.07) is 1.79. The number of aryl methyl sites for hydroxylation is 1. The first-order valence-corrected chi connectivity index (χ1v) is 8.19. The number of rotatable bonds is 3. The highest BCUT2D eigenvalue weighted by molar-refractivity contribution is 6.32. The molecule has 5 nitrogen and oxygen atoms in total. The molecule has 1 aliphatic heterocycles. The zero-order valence-electron chi connectivity index (χ0n) is 14.1. The second kappa shape index (κ2) is 7.21. The molecule has 23 heavy (non-hydrogen) atoms. The van der Waals surface area contributed by atoms with Gasteiger partial charge in [0, 0.05) is 37.6 Å². The summed E-state index contributed by atoms with van der Waals surface area (Å²) in [6.45, 7) is 7.77. The van der Waals surface area contributed by atoms with E-state index in [1.54, 1.807) is 23.0 Å². The van der Waals surface area contributed by atoms with Gasteiger partial charge < -0.3 is 14.5 Å². The smallest absolute Gasteiger partial charge is 0.258 e. The van der Waals surface area contributed by atoms with Crippen LogP contribution in [-0.4, -0.2) is 54.9 Å². The molecule has 0 spiro atoms. The van der Waals surface area contributed by atoms with Crippen LogP contribution in [0.25, 0.3) is 0 Å². The highest BCUT2D eigenvalue weighted by atomic mass is 35.5. The van der Waals surface area contributed by atoms with Gasteiger partial charge in [0.15, 0.2) is 0 Å². The highest BCUT2D eigenvalue weighted by Crippen LogP contribution is 2.32. The first-order valence-electron chi connectivity index (χ1n) is 7.81. The van der Waals surface area contributed by atoms with E-state index in [0.717, 1.165) is 11.1 Å². The second-order valence-corrected chi connectivity index (χ2v) is 6.11. The Morgan fingerprint density at radius 1 is 1.17 bits per heavy atom. The van der Waals surface area contributed by atoms with Crippen molar-refractivity contribution >= 4 is 23.4 Å². The molecule has 2 rings (SSSR count). The zero-order valence-corrected chi connectivity index (χ0v) is 14.9. The molecule has 1 saturated heterocycles. The number of carbonyl (C=O) groups excluding carboxylic acids is 2. The third kappa shape index (κ3) is 3.44. The Morgan fingerprint density at radius 2 is 1.74 bits per heavy atom. The summed E-state index contributed by atoms with van der Waals surface area (Å²) >= 11 is 6.30. The van der Waals surface area contributed by atoms with Gasteiger partial charge in [-0.2, -0.15) is 0 Å². The average Bonchev–Trinajstić information content (AvgIpc) is 2.58. The molecule has 126 valence electrons. The standard InChI is InChI=1S/C17H23ClN2O3/c1-5-14(21)19-6-8-20(9-7-19)17(22)15-12(3)16(18)11(2)10-13(15)23-4/h10H,5-9H2,1-4H3. The van der Waals surface area contributed by atoms with Gasteiger partial charge in [-0.1, -0.05) is 18.5 Å². The Labute approximate surface area is 142 Å². The van der Waals surface area contributed by atoms with E-state index in [0.29, 0.717) is 48.9 Å². The fourth-order valence-electron chi connectivity index (χ4n) is 2.89. The molecule has 0 saturated carbocycles. The molecule has 6 heteroatoms. The lowest BCUT2D eigenvalue weighted by atomic mass is 10.0. The van der Waals surface area contributed by atoms with Crippen molar-refractivity contribution in [2.75, 3.05) is 33.3 Å². The summed E-state index contributed by atoms with van der Waals surface area (Å²) in [5.74, 6) is 0.579. The number of amides is 2. The van der Waals surface area contributed by atoms with Crippen molar-refractivity contribution < 1.29 is 14.3 Å². The van der Waals surface area contributed by atoms with Crippen LogP contribution in [0.1, 0.15) is 34.8 Å². The van der Waals surface area contributed by atoms with E-state index in [1.807, 2.05) is 20.8 Å². The number of halogens is 1. The first kappa shape index (κ1) is 17.6. The van der Waals surface area contributed by atoms with E-state index < -0.39 is 0 Å². The Kier molecular flexibility index (Phi) is 5.52. The summed E-state index contributed by atoms with van der Waals surface area (Å²) in [4.78, 5) is 28.2. The maximum atomic E-state index is 12.9. The molecule has 1 aromatic carbocycles. The lowest BCUT2D eigenvalue weighted by molar-refractivity contribution is -0.132. The van der Waals surface area contributed by atoms with E-state index in [1.165, 1.54) is 0 Å². The predicted molar refractivity (Wildman–Crippen MR) is 90.3 cm³/mol. The van der Waals surface area contributed by atoms with Gasteiger partial charge in [0.05, 0.1) is 12.7 Å². The molecule has 0 bridgehead atoms. The molecule has 0 unspecified atom stereocenters. The van der Waals surface area contributed by atoms with E-state index >= 15 is 0 Å². The van der Waals surface area contributed by atoms with Crippen molar-refractivity contribution in [3.05, 3.63) is 27.8 Å². The number of methoxy groups -OCH3 is 1. The molecular formula is C17H23ClN2O3. The van der Waals surface area contributed by atoms with Crippen LogP contribution in [0.4, 0.5) is 0 Å². The third-order valence-electron chi connectivity index (χ3n) is 4.30. The fourth-order valence-corrected chi connectivity index (χ4v) is 3.04. The van der Waals surface area contributed by atoms with Crippen LogP contribution >= 0.6 is 11.6 Å².